The molecule has 2 saturated carbocycles. The van der Waals surface area contributed by atoms with Crippen molar-refractivity contribution in [3.63, 3.8) is 0 Å². The lowest BCUT2D eigenvalue weighted by Crippen LogP contribution is -2.67. The van der Waals surface area contributed by atoms with Crippen molar-refractivity contribution in [3.8, 4) is 0 Å². The number of halogens is 8. The van der Waals surface area contributed by atoms with Crippen LogP contribution in [0.5, 0.6) is 0 Å². The van der Waals surface area contributed by atoms with Gasteiger partial charge in [-0.1, -0.05) is 38.5 Å². The summed E-state index contributed by atoms with van der Waals surface area (Å²) in [6.07, 6.45) is -1.10. The number of rotatable bonds is 9. The summed E-state index contributed by atoms with van der Waals surface area (Å²) in [4.78, 5) is 22.6. The monoisotopic (exact) mass is 512 g/mol. The number of nitrogens with zero attached hydrogens (tertiary/aromatic N) is 2. The van der Waals surface area contributed by atoms with Crippen molar-refractivity contribution in [2.75, 3.05) is 13.1 Å². The molecule has 0 aromatic rings. The lowest BCUT2D eigenvalue weighted by Gasteiger charge is -2.42. The Bertz CT molecular complexity index is 665. The fourth-order valence-electron chi connectivity index (χ4n) is 4.58. The van der Waals surface area contributed by atoms with Crippen molar-refractivity contribution < 1.29 is 54.9 Å². The zero-order chi connectivity index (χ0) is 25.9. The van der Waals surface area contributed by atoms with E-state index in [0.29, 0.717) is 38.5 Å². The molecule has 0 radical (unpaired) electrons. The Labute approximate surface area is 190 Å². The first-order valence-electron chi connectivity index (χ1n) is 11.1. The number of alkyl halides is 8. The lowest BCUT2D eigenvalue weighted by atomic mass is 9.92. The van der Waals surface area contributed by atoms with E-state index in [-0.39, 0.29) is 35.5 Å². The van der Waals surface area contributed by atoms with Crippen LogP contribution in [0.25, 0.3) is 0 Å². The maximum absolute atomic E-state index is 14.4. The second kappa shape index (κ2) is 10.3. The Balaban J connectivity index is 2.28. The van der Waals surface area contributed by atoms with E-state index >= 15 is 0 Å². The minimum absolute atomic E-state index is 0.0372. The maximum atomic E-state index is 14.4. The molecule has 2 rings (SSSR count). The quantitative estimate of drug-likeness (QED) is 0.363. The number of carbonyl (C=O) groups is 2. The van der Waals surface area contributed by atoms with Gasteiger partial charge in [0.25, 0.3) is 0 Å². The first-order valence-corrected chi connectivity index (χ1v) is 11.1. The van der Waals surface area contributed by atoms with E-state index in [4.69, 9.17) is 0 Å². The van der Waals surface area contributed by atoms with Crippen molar-refractivity contribution in [2.24, 2.45) is 0 Å². The fourth-order valence-corrected chi connectivity index (χ4v) is 4.58. The van der Waals surface area contributed by atoms with Crippen LogP contribution in [-0.2, 0) is 0 Å². The predicted molar refractivity (Wildman–Crippen MR) is 103 cm³/mol. The largest absolute Gasteiger partial charge is 0.465 e. The van der Waals surface area contributed by atoms with Gasteiger partial charge in [-0.15, -0.1) is 0 Å². The number of hydrogen-bond donors (Lipinski definition) is 2. The van der Waals surface area contributed by atoms with E-state index in [1.165, 1.54) is 0 Å². The third-order valence-electron chi connectivity index (χ3n) is 6.57. The van der Waals surface area contributed by atoms with Crippen LogP contribution < -0.4 is 0 Å². The summed E-state index contributed by atoms with van der Waals surface area (Å²) in [5, 5.41) is 18.4. The summed E-state index contributed by atoms with van der Waals surface area (Å²) in [5.41, 5.74) is 0. The van der Waals surface area contributed by atoms with Crippen LogP contribution in [0.4, 0.5) is 44.7 Å². The highest BCUT2D eigenvalue weighted by Crippen LogP contribution is 2.53. The molecule has 0 atom stereocenters. The molecule has 0 unspecified atom stereocenters. The molecule has 6 nitrogen and oxygen atoms in total. The molecule has 2 aliphatic carbocycles. The maximum Gasteiger partial charge on any atom is 0.407 e. The number of carboxylic acid groups (broad SMARTS) is 2. The molecule has 14 heteroatoms. The zero-order valence-corrected chi connectivity index (χ0v) is 18.3. The van der Waals surface area contributed by atoms with E-state index in [1.807, 2.05) is 0 Å². The van der Waals surface area contributed by atoms with Crippen LogP contribution >= 0.6 is 0 Å². The van der Waals surface area contributed by atoms with Gasteiger partial charge < -0.3 is 10.2 Å². The molecule has 0 heterocycles. The second-order valence-electron chi connectivity index (χ2n) is 8.96. The van der Waals surface area contributed by atoms with Gasteiger partial charge in [-0.3, -0.25) is 9.80 Å². The van der Waals surface area contributed by atoms with Crippen LogP contribution in [0, 0.1) is 0 Å². The molecule has 0 saturated heterocycles. The number of hydrogen-bond acceptors (Lipinski definition) is 2. The summed E-state index contributed by atoms with van der Waals surface area (Å²) in [6, 6.07) is -2.29. The van der Waals surface area contributed by atoms with E-state index in [1.54, 1.807) is 0 Å². The minimum atomic E-state index is -6.68. The van der Waals surface area contributed by atoms with Crippen molar-refractivity contribution in [1.82, 2.24) is 9.80 Å². The van der Waals surface area contributed by atoms with Crippen LogP contribution in [0.3, 0.4) is 0 Å². The van der Waals surface area contributed by atoms with Crippen LogP contribution in [0.15, 0.2) is 0 Å². The Kier molecular flexibility index (Phi) is 8.55. The fraction of sp³-hybridized carbons (Fsp3) is 0.900. The predicted octanol–water partition coefficient (Wildman–Crippen LogP) is 6.15. The average molecular weight is 512 g/mol. The van der Waals surface area contributed by atoms with Gasteiger partial charge in [0.15, 0.2) is 0 Å². The molecule has 2 aliphatic rings. The van der Waals surface area contributed by atoms with E-state index < -0.39 is 61.0 Å². The van der Waals surface area contributed by atoms with E-state index in [0.717, 1.165) is 0 Å². The van der Waals surface area contributed by atoms with Gasteiger partial charge >= 0.3 is 35.9 Å². The Morgan fingerprint density at radius 3 is 1.09 bits per heavy atom. The van der Waals surface area contributed by atoms with Crippen molar-refractivity contribution in [3.05, 3.63) is 0 Å². The van der Waals surface area contributed by atoms with Gasteiger partial charge in [0.05, 0.1) is 13.1 Å². The van der Waals surface area contributed by atoms with Crippen LogP contribution in [0.1, 0.15) is 64.2 Å². The Morgan fingerprint density at radius 1 is 0.588 bits per heavy atom. The van der Waals surface area contributed by atoms with Crippen LogP contribution in [0.2, 0.25) is 0 Å². The van der Waals surface area contributed by atoms with Crippen molar-refractivity contribution in [1.29, 1.82) is 0 Å². The van der Waals surface area contributed by atoms with E-state index in [2.05, 4.69) is 0 Å². The summed E-state index contributed by atoms with van der Waals surface area (Å²) in [6.45, 7) is -4.81. The Morgan fingerprint density at radius 2 is 0.853 bits per heavy atom. The van der Waals surface area contributed by atoms with Gasteiger partial charge in [-0.2, -0.15) is 35.1 Å². The highest BCUT2D eigenvalue weighted by atomic mass is 19.4. The zero-order valence-electron chi connectivity index (χ0n) is 18.3. The SMILES string of the molecule is O=C(O)N(CC(F)(F)C(F)(F)C(F)(F)C(F)(F)CN(C(=O)O)C1CCCCC1)C1CCCCC1. The van der Waals surface area contributed by atoms with Gasteiger partial charge in [-0.05, 0) is 25.7 Å². The van der Waals surface area contributed by atoms with Gasteiger partial charge in [-0.25, -0.2) is 9.59 Å². The molecule has 34 heavy (non-hydrogen) atoms. The standard InChI is InChI=1S/C20H28F8N2O4/c21-17(22,11-29(15(31)32)13-7-3-1-4-8-13)19(25,26)20(27,28)18(23,24)12-30(16(33)34)14-9-5-2-6-10-14/h13-14H,1-12H2,(H,31,32)(H,33,34). The van der Waals surface area contributed by atoms with Crippen molar-refractivity contribution in [2.45, 2.75) is 100.0 Å². The van der Waals surface area contributed by atoms with Gasteiger partial charge in [0.2, 0.25) is 0 Å². The van der Waals surface area contributed by atoms with Crippen molar-refractivity contribution >= 4 is 12.2 Å². The topological polar surface area (TPSA) is 81.1 Å². The highest BCUT2D eigenvalue weighted by molar-refractivity contribution is 5.66. The first kappa shape index (κ1) is 28.2. The lowest BCUT2D eigenvalue weighted by molar-refractivity contribution is -0.368. The van der Waals surface area contributed by atoms with Gasteiger partial charge in [0, 0.05) is 12.1 Å². The second-order valence-corrected chi connectivity index (χ2v) is 8.96. The Hall–Kier alpha value is -2.02. The summed E-state index contributed by atoms with van der Waals surface area (Å²) >= 11 is 0. The normalized spacial score (nSPS) is 19.6. The molecular weight excluding hydrogens is 484 g/mol. The smallest absolute Gasteiger partial charge is 0.407 e. The third kappa shape index (κ3) is 5.61. The minimum Gasteiger partial charge on any atom is -0.465 e. The van der Waals surface area contributed by atoms with Gasteiger partial charge in [0.1, 0.15) is 0 Å². The first-order chi connectivity index (χ1) is 15.5. The molecule has 2 fully saturated rings. The molecule has 198 valence electrons. The molecule has 2 amide bonds. The molecular formula is C20H28F8N2O4. The average Bonchev–Trinajstić information content (AvgIpc) is 2.76. The molecule has 2 N–H and O–H groups in total. The summed E-state index contributed by atoms with van der Waals surface area (Å²) in [5.74, 6) is -25.1. The molecule has 0 aromatic carbocycles. The molecule has 0 aromatic heterocycles. The third-order valence-corrected chi connectivity index (χ3v) is 6.57. The van der Waals surface area contributed by atoms with E-state index in [9.17, 15) is 54.9 Å². The number of amides is 2. The summed E-state index contributed by atoms with van der Waals surface area (Å²) in [7, 11) is 0. The molecule has 0 aliphatic heterocycles. The van der Waals surface area contributed by atoms with Crippen LogP contribution in [-0.4, -0.2) is 81.1 Å². The molecule has 0 spiro atoms. The summed E-state index contributed by atoms with van der Waals surface area (Å²) < 4.78 is 115. The molecule has 0 bridgehead atoms. The highest BCUT2D eigenvalue weighted by Gasteiger charge is 2.81.